The van der Waals surface area contributed by atoms with Crippen molar-refractivity contribution in [3.05, 3.63) is 46.4 Å². The number of aromatic nitrogens is 2. The zero-order valence-electron chi connectivity index (χ0n) is 29.5. The number of carbonyl (C=O) groups is 3. The van der Waals surface area contributed by atoms with Gasteiger partial charge in [0.25, 0.3) is 5.91 Å². The number of pyridine rings is 1. The van der Waals surface area contributed by atoms with Crippen LogP contribution in [0.3, 0.4) is 0 Å². The van der Waals surface area contributed by atoms with E-state index in [4.69, 9.17) is 21.1 Å². The van der Waals surface area contributed by atoms with Gasteiger partial charge in [-0.2, -0.15) is 13.2 Å². The van der Waals surface area contributed by atoms with Gasteiger partial charge in [-0.3, -0.25) is 14.3 Å². The molecule has 1 aromatic carbocycles. The average molecular weight is 811 g/mol. The molecule has 19 heteroatoms. The van der Waals surface area contributed by atoms with E-state index in [1.165, 1.54) is 24.1 Å². The minimum absolute atomic E-state index is 0.0187. The molecule has 54 heavy (non-hydrogen) atoms. The molecule has 290 valence electrons. The SMILES string of the molecule is COc1cc2c(O[C@H]3C[C@H]4C(=O)N(C)CCCC/C=C\[C@@H]5C[C@@]5(C(=O)NS(=O)(=O)C5(C)CC5)NC(=O)N4C3)cc(-c3nc(C(F)(F)F)cs3)nc2cc1Cl. The van der Waals surface area contributed by atoms with Gasteiger partial charge in [-0.1, -0.05) is 23.8 Å². The molecule has 7 rings (SSSR count). The van der Waals surface area contributed by atoms with E-state index in [1.807, 2.05) is 12.2 Å². The third-order valence-electron chi connectivity index (χ3n) is 10.6. The number of nitrogens with zero attached hydrogens (tertiary/aromatic N) is 4. The summed E-state index contributed by atoms with van der Waals surface area (Å²) < 4.78 is 79.5. The van der Waals surface area contributed by atoms with Gasteiger partial charge < -0.3 is 24.6 Å². The van der Waals surface area contributed by atoms with Crippen molar-refractivity contribution in [1.29, 1.82) is 0 Å². The number of nitrogens with one attached hydrogen (secondary N) is 2. The largest absolute Gasteiger partial charge is 0.495 e. The molecular formula is C35H38ClF3N6O7S2. The number of fused-ring (bicyclic) bond motifs is 3. The van der Waals surface area contributed by atoms with Crippen LogP contribution >= 0.6 is 22.9 Å². The van der Waals surface area contributed by atoms with Crippen LogP contribution in [0.1, 0.15) is 57.6 Å². The van der Waals surface area contributed by atoms with Crippen molar-refractivity contribution in [2.75, 3.05) is 27.2 Å². The van der Waals surface area contributed by atoms with Crippen LogP contribution in [0.4, 0.5) is 18.0 Å². The zero-order chi connectivity index (χ0) is 38.8. The van der Waals surface area contributed by atoms with E-state index < -0.39 is 62.2 Å². The first-order chi connectivity index (χ1) is 25.4. The van der Waals surface area contributed by atoms with Crippen LogP contribution in [0.15, 0.2) is 35.7 Å². The van der Waals surface area contributed by atoms with Crippen LogP contribution in [0.2, 0.25) is 5.02 Å². The van der Waals surface area contributed by atoms with Crippen LogP contribution in [0.5, 0.6) is 11.5 Å². The molecule has 2 aliphatic heterocycles. The Kier molecular flexibility index (Phi) is 9.78. The molecule has 0 bridgehead atoms. The van der Waals surface area contributed by atoms with Crippen molar-refractivity contribution in [3.63, 3.8) is 0 Å². The number of alkyl halides is 3. The standard InChI is InChI=1S/C35H38ClF3N6O7S2/c1-33(9-10-33)54(49,50)43-31(47)34-16-19(34)8-6-4-5-7-11-44(2)30(46)25-12-20(17-45(25)32(48)42-34)52-26-15-24(29-41-28(18-53-29)35(37,38)39)40-23-14-22(36)27(51-3)13-21(23)26/h6,8,13-15,18-20,25H,4-5,7,9-12,16-17H2,1-3H3,(H,42,48)(H,43,47)/b8-6-/t19-,20+,25+,34-/m1/s1. The van der Waals surface area contributed by atoms with E-state index in [0.717, 1.165) is 23.1 Å². The number of halogens is 4. The second-order valence-electron chi connectivity index (χ2n) is 14.5. The number of sulfonamides is 1. The minimum Gasteiger partial charge on any atom is -0.495 e. The molecule has 4 heterocycles. The van der Waals surface area contributed by atoms with E-state index in [9.17, 15) is 36.0 Å². The highest BCUT2D eigenvalue weighted by Gasteiger charge is 2.63. The summed E-state index contributed by atoms with van der Waals surface area (Å²) >= 11 is 7.15. The highest BCUT2D eigenvalue weighted by Crippen LogP contribution is 2.48. The number of allylic oxidation sites excluding steroid dienone is 1. The van der Waals surface area contributed by atoms with Gasteiger partial charge in [0.05, 0.1) is 28.9 Å². The first-order valence-electron chi connectivity index (χ1n) is 17.4. The fourth-order valence-electron chi connectivity index (χ4n) is 6.86. The molecule has 2 saturated carbocycles. The minimum atomic E-state index is -4.67. The Bertz CT molecular complexity index is 2160. The van der Waals surface area contributed by atoms with E-state index >= 15 is 0 Å². The molecule has 4 aliphatic rings. The molecule has 0 radical (unpaired) electrons. The van der Waals surface area contributed by atoms with E-state index in [0.29, 0.717) is 37.6 Å². The lowest BCUT2D eigenvalue weighted by atomic mass is 10.1. The maximum Gasteiger partial charge on any atom is 0.434 e. The number of thiazole rings is 1. The number of likely N-dealkylation sites (N-methyl/N-ethyl adjacent to an activating group) is 1. The summed E-state index contributed by atoms with van der Waals surface area (Å²) in [6.45, 7) is 1.87. The first kappa shape index (κ1) is 38.1. The Morgan fingerprint density at radius 2 is 1.91 bits per heavy atom. The number of hydrogen-bond acceptors (Lipinski definition) is 10. The molecule has 2 N–H and O–H groups in total. The Hall–Kier alpha value is -4.16. The molecule has 0 spiro atoms. The number of hydrogen-bond donors (Lipinski definition) is 2. The Labute approximate surface area is 318 Å². The highest BCUT2D eigenvalue weighted by atomic mass is 35.5. The number of amides is 4. The molecule has 4 amide bonds. The summed E-state index contributed by atoms with van der Waals surface area (Å²) in [6, 6.07) is 2.74. The average Bonchev–Trinajstić information content (AvgIpc) is 3.87. The van der Waals surface area contributed by atoms with Gasteiger partial charge in [0.1, 0.15) is 39.9 Å². The molecule has 1 saturated heterocycles. The fraction of sp³-hybridized carbons (Fsp3) is 0.514. The van der Waals surface area contributed by atoms with Gasteiger partial charge >= 0.3 is 12.2 Å². The predicted octanol–water partition coefficient (Wildman–Crippen LogP) is 5.53. The summed E-state index contributed by atoms with van der Waals surface area (Å²) in [4.78, 5) is 52.9. The number of methoxy groups -OCH3 is 1. The quantitative estimate of drug-likeness (QED) is 0.293. The monoisotopic (exact) mass is 810 g/mol. The molecule has 3 fully saturated rings. The van der Waals surface area contributed by atoms with E-state index in [2.05, 4.69) is 20.0 Å². The number of rotatable bonds is 7. The van der Waals surface area contributed by atoms with Gasteiger partial charge in [-0.05, 0) is 57.6 Å². The van der Waals surface area contributed by atoms with Crippen molar-refractivity contribution in [1.82, 2.24) is 29.8 Å². The number of carbonyl (C=O) groups excluding carboxylic acids is 3. The third-order valence-corrected chi connectivity index (χ3v) is 13.9. The lowest BCUT2D eigenvalue weighted by Crippen LogP contribution is -2.58. The third kappa shape index (κ3) is 7.19. The molecular weight excluding hydrogens is 773 g/mol. The van der Waals surface area contributed by atoms with Crippen LogP contribution in [-0.2, 0) is 25.8 Å². The normalized spacial score (nSPS) is 26.3. The zero-order valence-corrected chi connectivity index (χ0v) is 31.9. The predicted molar refractivity (Wildman–Crippen MR) is 194 cm³/mol. The second-order valence-corrected chi connectivity index (χ2v) is 17.9. The maximum absolute atomic E-state index is 14.2. The van der Waals surface area contributed by atoms with Crippen LogP contribution in [-0.4, -0.2) is 95.7 Å². The van der Waals surface area contributed by atoms with Crippen LogP contribution < -0.4 is 19.5 Å². The molecule has 3 aromatic rings. The van der Waals surface area contributed by atoms with Crippen molar-refractivity contribution in [2.24, 2.45) is 5.92 Å². The van der Waals surface area contributed by atoms with Gasteiger partial charge in [-0.25, -0.2) is 23.2 Å². The van der Waals surface area contributed by atoms with Gasteiger partial charge in [0, 0.05) is 42.8 Å². The first-order valence-corrected chi connectivity index (χ1v) is 20.1. The number of ether oxygens (including phenoxy) is 2. The highest BCUT2D eigenvalue weighted by molar-refractivity contribution is 7.91. The van der Waals surface area contributed by atoms with Crippen LogP contribution in [0, 0.1) is 5.92 Å². The molecule has 0 unspecified atom stereocenters. The van der Waals surface area contributed by atoms with Crippen molar-refractivity contribution in [2.45, 2.75) is 80.5 Å². The Balaban J connectivity index is 1.21. The molecule has 13 nitrogen and oxygen atoms in total. The molecule has 2 aromatic heterocycles. The topological polar surface area (TPSA) is 160 Å². The maximum atomic E-state index is 14.2. The van der Waals surface area contributed by atoms with E-state index in [-0.39, 0.29) is 58.0 Å². The van der Waals surface area contributed by atoms with Gasteiger partial charge in [0.15, 0.2) is 5.69 Å². The van der Waals surface area contributed by atoms with Crippen LogP contribution in [0.25, 0.3) is 21.6 Å². The smallest absolute Gasteiger partial charge is 0.434 e. The fourth-order valence-corrected chi connectivity index (χ4v) is 9.20. The van der Waals surface area contributed by atoms with Crippen molar-refractivity contribution < 1.29 is 45.4 Å². The summed E-state index contributed by atoms with van der Waals surface area (Å²) in [5.41, 5.74) is -2.26. The van der Waals surface area contributed by atoms with Gasteiger partial charge in [0.2, 0.25) is 15.9 Å². The lowest BCUT2D eigenvalue weighted by molar-refractivity contribution is -0.140. The summed E-state index contributed by atoms with van der Waals surface area (Å²) in [5.74, 6) is -1.20. The summed E-state index contributed by atoms with van der Waals surface area (Å²) in [6.07, 6.45) is 1.39. The number of benzene rings is 1. The van der Waals surface area contributed by atoms with E-state index in [1.54, 1.807) is 24.9 Å². The summed E-state index contributed by atoms with van der Waals surface area (Å²) in [7, 11) is -0.948. The Morgan fingerprint density at radius 1 is 1.15 bits per heavy atom. The summed E-state index contributed by atoms with van der Waals surface area (Å²) in [5, 5.41) is 4.27. The van der Waals surface area contributed by atoms with Gasteiger partial charge in [-0.15, -0.1) is 11.3 Å². The molecule has 2 aliphatic carbocycles. The number of urea groups is 1. The molecule has 4 atom stereocenters. The Morgan fingerprint density at radius 3 is 2.59 bits per heavy atom. The van der Waals surface area contributed by atoms with Crippen molar-refractivity contribution in [3.8, 4) is 22.2 Å². The lowest BCUT2D eigenvalue weighted by Gasteiger charge is -2.30. The van der Waals surface area contributed by atoms with Crippen molar-refractivity contribution >= 4 is 61.7 Å². The second kappa shape index (κ2) is 13.8.